The Morgan fingerprint density at radius 3 is 2.52 bits per heavy atom. The second-order valence-electron chi connectivity index (χ2n) is 6.50. The predicted octanol–water partition coefficient (Wildman–Crippen LogP) is 3.17. The van der Waals surface area contributed by atoms with Gasteiger partial charge < -0.3 is 15.8 Å². The summed E-state index contributed by atoms with van der Waals surface area (Å²) < 4.78 is 0. The Balaban J connectivity index is 2.14. The van der Waals surface area contributed by atoms with Crippen LogP contribution in [0.2, 0.25) is 0 Å². The van der Waals surface area contributed by atoms with Gasteiger partial charge in [0.15, 0.2) is 5.84 Å². The van der Waals surface area contributed by atoms with E-state index in [0.29, 0.717) is 5.41 Å². The number of hydrogen-bond acceptors (Lipinski definition) is 3. The quantitative estimate of drug-likeness (QED) is 0.385. The zero-order valence-corrected chi connectivity index (χ0v) is 12.5. The molecular weight excluding hydrogens is 262 g/mol. The molecule has 110 valence electrons. The Kier molecular flexibility index (Phi) is 3.24. The van der Waals surface area contributed by atoms with Crippen LogP contribution in [0.5, 0.6) is 0 Å². The van der Waals surface area contributed by atoms with Crippen molar-refractivity contribution in [3.8, 4) is 0 Å². The fraction of sp³-hybridized carbons (Fsp3) is 0.353. The lowest BCUT2D eigenvalue weighted by Crippen LogP contribution is -2.23. The summed E-state index contributed by atoms with van der Waals surface area (Å²) in [6.07, 6.45) is 1.20. The lowest BCUT2D eigenvalue weighted by atomic mass is 9.93. The van der Waals surface area contributed by atoms with Gasteiger partial charge in [-0.15, -0.1) is 0 Å². The molecular formula is C17H21N3O. The standard InChI is InChI=1S/C17H21N3O/c1-17(2)9-10-20(11-17)15-8-7-14(16(18)19-21)12-5-3-4-6-13(12)15/h3-8,21H,9-11H2,1-2H3,(H2,18,19). The fourth-order valence-corrected chi connectivity index (χ4v) is 3.15. The van der Waals surface area contributed by atoms with Gasteiger partial charge in [-0.3, -0.25) is 0 Å². The Hall–Kier alpha value is -2.23. The molecule has 0 bridgehead atoms. The summed E-state index contributed by atoms with van der Waals surface area (Å²) in [6.45, 7) is 6.74. The number of hydrogen-bond donors (Lipinski definition) is 2. The van der Waals surface area contributed by atoms with Gasteiger partial charge in [0.05, 0.1) is 0 Å². The van der Waals surface area contributed by atoms with E-state index in [-0.39, 0.29) is 5.84 Å². The van der Waals surface area contributed by atoms with E-state index in [2.05, 4.69) is 36.0 Å². The molecule has 0 saturated carbocycles. The Labute approximate surface area is 124 Å². The van der Waals surface area contributed by atoms with Crippen molar-refractivity contribution >= 4 is 22.3 Å². The van der Waals surface area contributed by atoms with E-state index in [1.54, 1.807) is 0 Å². The summed E-state index contributed by atoms with van der Waals surface area (Å²) in [4.78, 5) is 2.43. The zero-order valence-electron chi connectivity index (χ0n) is 12.5. The first-order valence-corrected chi connectivity index (χ1v) is 7.26. The second-order valence-corrected chi connectivity index (χ2v) is 6.50. The number of fused-ring (bicyclic) bond motifs is 1. The molecule has 0 spiro atoms. The van der Waals surface area contributed by atoms with Crippen LogP contribution in [-0.4, -0.2) is 24.1 Å². The number of rotatable bonds is 2. The molecule has 1 heterocycles. The molecule has 3 rings (SSSR count). The number of amidine groups is 1. The van der Waals surface area contributed by atoms with E-state index >= 15 is 0 Å². The SMILES string of the molecule is CC1(C)CCN(c2ccc(/C(N)=N/O)c3ccccc23)C1. The first-order chi connectivity index (χ1) is 10.0. The molecule has 0 radical (unpaired) electrons. The van der Waals surface area contributed by atoms with Crippen molar-refractivity contribution in [3.63, 3.8) is 0 Å². The van der Waals surface area contributed by atoms with Gasteiger partial charge in [-0.1, -0.05) is 43.3 Å². The molecule has 2 aromatic rings. The summed E-state index contributed by atoms with van der Waals surface area (Å²) >= 11 is 0. The van der Waals surface area contributed by atoms with Crippen LogP contribution >= 0.6 is 0 Å². The molecule has 0 unspecified atom stereocenters. The van der Waals surface area contributed by atoms with Crippen LogP contribution in [0.3, 0.4) is 0 Å². The number of oxime groups is 1. The maximum absolute atomic E-state index is 8.95. The van der Waals surface area contributed by atoms with Crippen LogP contribution in [0.4, 0.5) is 5.69 Å². The van der Waals surface area contributed by atoms with Crippen LogP contribution < -0.4 is 10.6 Å². The van der Waals surface area contributed by atoms with Crippen molar-refractivity contribution in [2.24, 2.45) is 16.3 Å². The largest absolute Gasteiger partial charge is 0.409 e. The number of nitrogens with two attached hydrogens (primary N) is 1. The Morgan fingerprint density at radius 2 is 1.90 bits per heavy atom. The highest BCUT2D eigenvalue weighted by Gasteiger charge is 2.30. The highest BCUT2D eigenvalue weighted by molar-refractivity contribution is 6.11. The summed E-state index contributed by atoms with van der Waals surface area (Å²) in [5, 5.41) is 14.3. The van der Waals surface area contributed by atoms with Crippen LogP contribution in [0.15, 0.2) is 41.6 Å². The van der Waals surface area contributed by atoms with E-state index in [9.17, 15) is 0 Å². The van der Waals surface area contributed by atoms with Gasteiger partial charge in [-0.25, -0.2) is 0 Å². The summed E-state index contributed by atoms with van der Waals surface area (Å²) in [5.74, 6) is 0.152. The molecule has 1 saturated heterocycles. The van der Waals surface area contributed by atoms with E-state index in [4.69, 9.17) is 10.9 Å². The molecule has 1 fully saturated rings. The van der Waals surface area contributed by atoms with Gasteiger partial charge in [-0.05, 0) is 29.4 Å². The average Bonchev–Trinajstić information content (AvgIpc) is 2.85. The number of nitrogens with zero attached hydrogens (tertiary/aromatic N) is 2. The van der Waals surface area contributed by atoms with Gasteiger partial charge in [0.25, 0.3) is 0 Å². The molecule has 0 amide bonds. The Morgan fingerprint density at radius 1 is 1.19 bits per heavy atom. The first kappa shape index (κ1) is 13.7. The van der Waals surface area contributed by atoms with E-state index in [1.807, 2.05) is 24.3 Å². The van der Waals surface area contributed by atoms with Crippen molar-refractivity contribution in [2.75, 3.05) is 18.0 Å². The molecule has 4 nitrogen and oxygen atoms in total. The van der Waals surface area contributed by atoms with Gasteiger partial charge in [-0.2, -0.15) is 0 Å². The van der Waals surface area contributed by atoms with E-state index < -0.39 is 0 Å². The maximum Gasteiger partial charge on any atom is 0.170 e. The lowest BCUT2D eigenvalue weighted by Gasteiger charge is -2.23. The molecule has 0 aromatic heterocycles. The molecule has 0 aliphatic carbocycles. The Bertz CT molecular complexity index is 706. The molecule has 1 aliphatic rings. The van der Waals surface area contributed by atoms with Crippen molar-refractivity contribution < 1.29 is 5.21 Å². The van der Waals surface area contributed by atoms with Gasteiger partial charge in [0.1, 0.15) is 0 Å². The smallest absolute Gasteiger partial charge is 0.170 e. The topological polar surface area (TPSA) is 61.8 Å². The fourth-order valence-electron chi connectivity index (χ4n) is 3.15. The summed E-state index contributed by atoms with van der Waals surface area (Å²) in [7, 11) is 0. The highest BCUT2D eigenvalue weighted by Crippen LogP contribution is 2.36. The molecule has 4 heteroatoms. The first-order valence-electron chi connectivity index (χ1n) is 7.26. The normalized spacial score (nSPS) is 18.4. The molecule has 1 aliphatic heterocycles. The van der Waals surface area contributed by atoms with Gasteiger partial charge in [0.2, 0.25) is 0 Å². The molecule has 21 heavy (non-hydrogen) atoms. The van der Waals surface area contributed by atoms with Crippen LogP contribution in [0, 0.1) is 5.41 Å². The third kappa shape index (κ3) is 2.42. The highest BCUT2D eigenvalue weighted by atomic mass is 16.4. The molecule has 0 atom stereocenters. The van der Waals surface area contributed by atoms with E-state index in [1.165, 1.54) is 12.1 Å². The summed E-state index contributed by atoms with van der Waals surface area (Å²) in [6, 6.07) is 12.2. The number of anilines is 1. The molecule has 2 aromatic carbocycles. The second kappa shape index (κ2) is 4.95. The third-order valence-corrected chi connectivity index (χ3v) is 4.30. The van der Waals surface area contributed by atoms with E-state index in [0.717, 1.165) is 29.4 Å². The minimum atomic E-state index is 0.152. The predicted molar refractivity (Wildman–Crippen MR) is 87.1 cm³/mol. The van der Waals surface area contributed by atoms with Gasteiger partial charge in [0, 0.05) is 29.7 Å². The minimum Gasteiger partial charge on any atom is -0.409 e. The van der Waals surface area contributed by atoms with Crippen LogP contribution in [0.1, 0.15) is 25.8 Å². The van der Waals surface area contributed by atoms with Crippen LogP contribution in [0.25, 0.3) is 10.8 Å². The minimum absolute atomic E-state index is 0.152. The molecule has 3 N–H and O–H groups in total. The van der Waals surface area contributed by atoms with Crippen LogP contribution in [-0.2, 0) is 0 Å². The zero-order chi connectivity index (χ0) is 15.0. The van der Waals surface area contributed by atoms with Crippen molar-refractivity contribution in [1.82, 2.24) is 0 Å². The van der Waals surface area contributed by atoms with Crippen molar-refractivity contribution in [1.29, 1.82) is 0 Å². The average molecular weight is 283 g/mol. The van der Waals surface area contributed by atoms with Crippen molar-refractivity contribution in [2.45, 2.75) is 20.3 Å². The monoisotopic (exact) mass is 283 g/mol. The third-order valence-electron chi connectivity index (χ3n) is 4.30. The van der Waals surface area contributed by atoms with Gasteiger partial charge >= 0.3 is 0 Å². The number of benzene rings is 2. The maximum atomic E-state index is 8.95. The summed E-state index contributed by atoms with van der Waals surface area (Å²) in [5.41, 5.74) is 8.15. The van der Waals surface area contributed by atoms with Crippen molar-refractivity contribution in [3.05, 3.63) is 42.0 Å². The lowest BCUT2D eigenvalue weighted by molar-refractivity contribution is 0.318.